The van der Waals surface area contributed by atoms with Crippen LogP contribution >= 0.6 is 0 Å². The van der Waals surface area contributed by atoms with E-state index in [1.165, 1.54) is 13.0 Å². The molecule has 180 valence electrons. The highest BCUT2D eigenvalue weighted by atomic mass is 32.2. The Hall–Kier alpha value is -3.79. The predicted molar refractivity (Wildman–Crippen MR) is 129 cm³/mol. The minimum atomic E-state index is -3.74. The van der Waals surface area contributed by atoms with Gasteiger partial charge >= 0.3 is 0 Å². The van der Waals surface area contributed by atoms with Gasteiger partial charge in [-0.2, -0.15) is 0 Å². The van der Waals surface area contributed by atoms with E-state index in [9.17, 15) is 17.6 Å². The molecule has 0 saturated carbocycles. The molecule has 35 heavy (non-hydrogen) atoms. The van der Waals surface area contributed by atoms with E-state index in [1.807, 2.05) is 31.2 Å². The first-order valence-electron chi connectivity index (χ1n) is 11.0. The largest absolute Gasteiger partial charge is 0.491 e. The topological polar surface area (TPSA) is 105 Å². The maximum atomic E-state index is 14.8. The number of fused-ring (bicyclic) bond motifs is 2. The Labute approximate surface area is 201 Å². The van der Waals surface area contributed by atoms with Gasteiger partial charge < -0.3 is 14.6 Å². The van der Waals surface area contributed by atoms with Crippen molar-refractivity contribution in [3.8, 4) is 16.9 Å². The van der Waals surface area contributed by atoms with E-state index >= 15 is 0 Å². The number of nitrogens with zero attached hydrogens (tertiary/aromatic N) is 3. The summed E-state index contributed by atoms with van der Waals surface area (Å²) in [4.78, 5) is 26.4. The fourth-order valence-corrected chi connectivity index (χ4v) is 5.07. The van der Waals surface area contributed by atoms with E-state index in [1.54, 1.807) is 11.1 Å². The van der Waals surface area contributed by atoms with Crippen molar-refractivity contribution in [1.29, 1.82) is 0 Å². The number of pyridine rings is 1. The van der Waals surface area contributed by atoms with Crippen LogP contribution in [0.15, 0.2) is 47.5 Å². The quantitative estimate of drug-likeness (QED) is 0.464. The lowest BCUT2D eigenvalue weighted by atomic mass is 10.0. The fraction of sp³-hybridized carbons (Fsp3) is 0.240. The van der Waals surface area contributed by atoms with Crippen LogP contribution in [0, 0.1) is 19.7 Å². The minimum absolute atomic E-state index is 0.00583. The van der Waals surface area contributed by atoms with Crippen molar-refractivity contribution in [2.75, 3.05) is 19.4 Å². The summed E-state index contributed by atoms with van der Waals surface area (Å²) in [6, 6.07) is 10.2. The summed E-state index contributed by atoms with van der Waals surface area (Å²) in [6.07, 6.45) is 2.69. The third kappa shape index (κ3) is 4.25. The molecule has 0 unspecified atom stereocenters. The number of H-pyrrole nitrogens is 1. The summed E-state index contributed by atoms with van der Waals surface area (Å²) in [7, 11) is -3.74. The van der Waals surface area contributed by atoms with Crippen LogP contribution in [-0.4, -0.2) is 53.6 Å². The van der Waals surface area contributed by atoms with Gasteiger partial charge in [0.15, 0.2) is 15.5 Å². The molecule has 1 amide bonds. The number of hydrogen-bond donors (Lipinski definition) is 1. The van der Waals surface area contributed by atoms with E-state index in [-0.39, 0.29) is 30.2 Å². The molecule has 5 rings (SSSR count). The first-order chi connectivity index (χ1) is 16.6. The molecule has 1 aliphatic heterocycles. The molecule has 0 saturated heterocycles. The number of benzene rings is 2. The molecule has 8 nitrogen and oxygen atoms in total. The Kier molecular flexibility index (Phi) is 5.55. The molecule has 0 radical (unpaired) electrons. The molecular formula is C25H23FN4O4S. The first kappa shape index (κ1) is 23.0. The van der Waals surface area contributed by atoms with Crippen molar-refractivity contribution >= 4 is 26.9 Å². The van der Waals surface area contributed by atoms with Gasteiger partial charge in [-0.3, -0.25) is 4.79 Å². The number of aromatic amines is 1. The van der Waals surface area contributed by atoms with Crippen molar-refractivity contribution in [2.45, 2.75) is 25.3 Å². The fourth-order valence-electron chi connectivity index (χ4n) is 4.27. The molecule has 0 fully saturated rings. The van der Waals surface area contributed by atoms with Crippen LogP contribution in [0.1, 0.15) is 27.3 Å². The van der Waals surface area contributed by atoms with Gasteiger partial charge in [0.05, 0.1) is 12.1 Å². The van der Waals surface area contributed by atoms with Gasteiger partial charge in [0.25, 0.3) is 5.91 Å². The van der Waals surface area contributed by atoms with Crippen LogP contribution in [0.2, 0.25) is 0 Å². The van der Waals surface area contributed by atoms with Gasteiger partial charge in [0.2, 0.25) is 0 Å². The summed E-state index contributed by atoms with van der Waals surface area (Å²) in [5.41, 5.74) is 4.21. The third-order valence-electron chi connectivity index (χ3n) is 6.10. The average Bonchev–Trinajstić information content (AvgIpc) is 3.04. The Morgan fingerprint density at radius 1 is 1.14 bits per heavy atom. The second-order valence-electron chi connectivity index (χ2n) is 8.64. The summed E-state index contributed by atoms with van der Waals surface area (Å²) >= 11 is 0. The lowest BCUT2D eigenvalue weighted by Gasteiger charge is -2.21. The number of imidazole rings is 1. The number of sulfone groups is 1. The molecule has 0 bridgehead atoms. The van der Waals surface area contributed by atoms with Crippen LogP contribution in [0.25, 0.3) is 22.3 Å². The number of carbonyl (C=O) groups excluding carboxylic acids is 1. The molecule has 0 atom stereocenters. The molecule has 3 heterocycles. The van der Waals surface area contributed by atoms with E-state index in [4.69, 9.17) is 4.74 Å². The maximum Gasteiger partial charge on any atom is 0.254 e. The summed E-state index contributed by atoms with van der Waals surface area (Å²) in [5.74, 6) is 0.166. The molecule has 1 aliphatic rings. The van der Waals surface area contributed by atoms with Gasteiger partial charge in [0, 0.05) is 35.7 Å². The Bertz CT molecular complexity index is 1600. The number of halogens is 1. The van der Waals surface area contributed by atoms with E-state index in [2.05, 4.69) is 15.0 Å². The van der Waals surface area contributed by atoms with Crippen LogP contribution in [0.3, 0.4) is 0 Å². The highest BCUT2D eigenvalue weighted by molar-refractivity contribution is 7.90. The Morgan fingerprint density at radius 3 is 2.71 bits per heavy atom. The molecule has 2 aromatic carbocycles. The van der Waals surface area contributed by atoms with Crippen LogP contribution in [-0.2, 0) is 16.4 Å². The molecule has 10 heteroatoms. The number of hydrogen-bond acceptors (Lipinski definition) is 6. The van der Waals surface area contributed by atoms with E-state index in [0.717, 1.165) is 40.4 Å². The monoisotopic (exact) mass is 494 g/mol. The number of carbonyl (C=O) groups is 1. The number of rotatable bonds is 3. The summed E-state index contributed by atoms with van der Waals surface area (Å²) in [5, 5.41) is 0. The van der Waals surface area contributed by atoms with Gasteiger partial charge in [0.1, 0.15) is 28.9 Å². The maximum absolute atomic E-state index is 14.8. The second kappa shape index (κ2) is 8.46. The molecule has 1 N–H and O–H groups in total. The second-order valence-corrected chi connectivity index (χ2v) is 10.6. The predicted octanol–water partition coefficient (Wildman–Crippen LogP) is 3.82. The van der Waals surface area contributed by atoms with Gasteiger partial charge in [-0.1, -0.05) is 6.07 Å². The third-order valence-corrected chi connectivity index (χ3v) is 7.21. The van der Waals surface area contributed by atoms with Crippen LogP contribution in [0.5, 0.6) is 5.75 Å². The highest BCUT2D eigenvalue weighted by Gasteiger charge is 2.26. The van der Waals surface area contributed by atoms with E-state index < -0.39 is 20.5 Å². The zero-order valence-electron chi connectivity index (χ0n) is 19.4. The summed E-state index contributed by atoms with van der Waals surface area (Å²) < 4.78 is 44.3. The van der Waals surface area contributed by atoms with Gasteiger partial charge in [-0.25, -0.2) is 22.8 Å². The lowest BCUT2D eigenvalue weighted by molar-refractivity contribution is 0.0731. The highest BCUT2D eigenvalue weighted by Crippen LogP contribution is 2.31. The molecule has 0 spiro atoms. The van der Waals surface area contributed by atoms with Gasteiger partial charge in [-0.15, -0.1) is 0 Å². The Balaban J connectivity index is 1.47. The molecule has 0 aliphatic carbocycles. The van der Waals surface area contributed by atoms with Crippen molar-refractivity contribution in [3.05, 3.63) is 70.9 Å². The smallest absolute Gasteiger partial charge is 0.254 e. The zero-order chi connectivity index (χ0) is 24.9. The first-order valence-corrected chi connectivity index (χ1v) is 12.9. The minimum Gasteiger partial charge on any atom is -0.491 e. The van der Waals surface area contributed by atoms with E-state index in [0.29, 0.717) is 17.9 Å². The number of aryl methyl sites for hydroxylation is 1. The van der Waals surface area contributed by atoms with Crippen molar-refractivity contribution < 1.29 is 22.3 Å². The van der Waals surface area contributed by atoms with Crippen LogP contribution in [0.4, 0.5) is 4.39 Å². The normalized spacial score (nSPS) is 13.9. The van der Waals surface area contributed by atoms with Crippen molar-refractivity contribution in [2.24, 2.45) is 0 Å². The number of amides is 1. The molecular weight excluding hydrogens is 471 g/mol. The number of nitrogens with one attached hydrogen (secondary N) is 1. The Morgan fingerprint density at radius 2 is 1.94 bits per heavy atom. The molecule has 2 aromatic heterocycles. The zero-order valence-corrected chi connectivity index (χ0v) is 20.2. The molecule has 4 aromatic rings. The SMILES string of the molecule is Cc1nc2ncc(-c3ccc4c(c3)CN(C(=O)c3ccc(S(C)(=O)=O)c(F)c3C)CCO4)cc2[nH]1. The van der Waals surface area contributed by atoms with Crippen LogP contribution < -0.4 is 4.74 Å². The standard InChI is InChI=1S/C25H23FN4O4S/c1-14-19(5-7-22(23(14)26)35(3,32)33)25(31)30-8-9-34-21-6-4-16(10-18(21)13-30)17-11-20-24(27-12-17)29-15(2)28-20/h4-7,10-12H,8-9,13H2,1-3H3,(H,27,28,29). The number of ether oxygens (including phenoxy) is 1. The summed E-state index contributed by atoms with van der Waals surface area (Å²) in [6.45, 7) is 4.13. The van der Waals surface area contributed by atoms with Crippen molar-refractivity contribution in [3.63, 3.8) is 0 Å². The van der Waals surface area contributed by atoms with Crippen molar-refractivity contribution in [1.82, 2.24) is 19.9 Å². The number of aromatic nitrogens is 3. The average molecular weight is 495 g/mol. The van der Waals surface area contributed by atoms with Gasteiger partial charge in [-0.05, 0) is 55.3 Å². The lowest BCUT2D eigenvalue weighted by Crippen LogP contribution is -2.33.